The van der Waals surface area contributed by atoms with Gasteiger partial charge in [-0.1, -0.05) is 53.3 Å². The van der Waals surface area contributed by atoms with Crippen molar-refractivity contribution in [1.82, 2.24) is 0 Å². The summed E-state index contributed by atoms with van der Waals surface area (Å²) in [5.41, 5.74) is 0.767. The van der Waals surface area contributed by atoms with Crippen LogP contribution in [0.25, 0.3) is 0 Å². The highest BCUT2D eigenvalue weighted by Gasteiger charge is 2.11. The summed E-state index contributed by atoms with van der Waals surface area (Å²) in [4.78, 5) is 0. The van der Waals surface area contributed by atoms with Crippen molar-refractivity contribution in [3.8, 4) is 0 Å². The largest absolute Gasteiger partial charge is 0.772 e. The third-order valence-corrected chi connectivity index (χ3v) is 3.50. The summed E-state index contributed by atoms with van der Waals surface area (Å²) in [5, 5.41) is 0.889. The lowest BCUT2D eigenvalue weighted by Gasteiger charge is -2.15. The standard InChI is InChI=1S/C9H10Cl2O2S/c1-6(5-14(12)13)7-3-2-4-8(10)9(7)11/h2-4,6H,5H2,1H3,(H,12,13)/p-1. The predicted octanol–water partition coefficient (Wildman–Crippen LogP) is 2.98. The first-order chi connectivity index (χ1) is 6.52. The minimum atomic E-state index is -2.06. The number of benzene rings is 1. The second-order valence-corrected chi connectivity index (χ2v) is 4.74. The maximum atomic E-state index is 10.5. The van der Waals surface area contributed by atoms with E-state index in [2.05, 4.69) is 0 Å². The zero-order valence-electron chi connectivity index (χ0n) is 7.50. The van der Waals surface area contributed by atoms with Gasteiger partial charge in [-0.3, -0.25) is 4.21 Å². The van der Waals surface area contributed by atoms with Gasteiger partial charge in [0.25, 0.3) is 0 Å². The predicted molar refractivity (Wildman–Crippen MR) is 58.7 cm³/mol. The lowest BCUT2D eigenvalue weighted by molar-refractivity contribution is 0.532. The number of halogens is 2. The summed E-state index contributed by atoms with van der Waals surface area (Å²) in [6.07, 6.45) is 0. The van der Waals surface area contributed by atoms with Crippen LogP contribution in [0.1, 0.15) is 18.4 Å². The zero-order chi connectivity index (χ0) is 10.7. The minimum Gasteiger partial charge on any atom is -0.772 e. The van der Waals surface area contributed by atoms with Crippen molar-refractivity contribution in [2.45, 2.75) is 12.8 Å². The first kappa shape index (κ1) is 12.0. The van der Waals surface area contributed by atoms with Crippen LogP contribution in [0.15, 0.2) is 18.2 Å². The number of hydrogen-bond acceptors (Lipinski definition) is 2. The van der Waals surface area contributed by atoms with Crippen molar-refractivity contribution in [3.05, 3.63) is 33.8 Å². The Kier molecular flexibility index (Phi) is 4.38. The van der Waals surface area contributed by atoms with Crippen molar-refractivity contribution in [2.24, 2.45) is 0 Å². The van der Waals surface area contributed by atoms with Gasteiger partial charge in [-0.15, -0.1) is 0 Å². The Morgan fingerprint density at radius 3 is 2.71 bits per heavy atom. The first-order valence-electron chi connectivity index (χ1n) is 4.02. The van der Waals surface area contributed by atoms with Gasteiger partial charge in [0, 0.05) is 5.75 Å². The quantitative estimate of drug-likeness (QED) is 0.776. The molecule has 0 fully saturated rings. The van der Waals surface area contributed by atoms with E-state index in [9.17, 15) is 8.76 Å². The van der Waals surface area contributed by atoms with Crippen LogP contribution < -0.4 is 0 Å². The molecule has 2 nitrogen and oxygen atoms in total. The van der Waals surface area contributed by atoms with Gasteiger partial charge in [-0.25, -0.2) is 0 Å². The van der Waals surface area contributed by atoms with E-state index < -0.39 is 11.1 Å². The summed E-state index contributed by atoms with van der Waals surface area (Å²) in [6, 6.07) is 5.22. The van der Waals surface area contributed by atoms with Crippen LogP contribution >= 0.6 is 23.2 Å². The van der Waals surface area contributed by atoms with Crippen LogP contribution in [0.2, 0.25) is 10.0 Å². The normalized spacial score (nSPS) is 15.1. The Labute approximate surface area is 95.5 Å². The molecule has 0 aliphatic carbocycles. The van der Waals surface area contributed by atoms with Crippen LogP contribution in [0.5, 0.6) is 0 Å². The van der Waals surface area contributed by atoms with Crippen molar-refractivity contribution < 1.29 is 8.76 Å². The third kappa shape index (κ3) is 2.95. The van der Waals surface area contributed by atoms with Gasteiger partial charge in [0.1, 0.15) is 0 Å². The second-order valence-electron chi connectivity index (χ2n) is 3.01. The van der Waals surface area contributed by atoms with Gasteiger partial charge in [0.15, 0.2) is 0 Å². The molecule has 0 saturated heterocycles. The van der Waals surface area contributed by atoms with E-state index in [4.69, 9.17) is 23.2 Å². The molecule has 1 aromatic rings. The second kappa shape index (κ2) is 5.12. The first-order valence-corrected chi connectivity index (χ1v) is 6.02. The van der Waals surface area contributed by atoms with E-state index in [1.807, 2.05) is 0 Å². The SMILES string of the molecule is CC(CS(=O)[O-])c1cccc(Cl)c1Cl. The summed E-state index contributed by atoms with van der Waals surface area (Å²) < 4.78 is 21.0. The molecule has 5 heteroatoms. The molecule has 2 atom stereocenters. The molecule has 14 heavy (non-hydrogen) atoms. The van der Waals surface area contributed by atoms with Gasteiger partial charge >= 0.3 is 0 Å². The molecule has 0 aromatic heterocycles. The van der Waals surface area contributed by atoms with Gasteiger partial charge in [-0.2, -0.15) is 0 Å². The van der Waals surface area contributed by atoms with E-state index >= 15 is 0 Å². The highest BCUT2D eigenvalue weighted by Crippen LogP contribution is 2.30. The Balaban J connectivity index is 2.95. The molecule has 0 spiro atoms. The highest BCUT2D eigenvalue weighted by molar-refractivity contribution is 7.79. The zero-order valence-corrected chi connectivity index (χ0v) is 9.83. The molecule has 0 aliphatic heterocycles. The maximum absolute atomic E-state index is 10.5. The van der Waals surface area contributed by atoms with Crippen molar-refractivity contribution >= 4 is 34.3 Å². The molecule has 0 amide bonds. The van der Waals surface area contributed by atoms with Crippen LogP contribution in [0, 0.1) is 0 Å². The van der Waals surface area contributed by atoms with Gasteiger partial charge in [-0.05, 0) is 17.5 Å². The lowest BCUT2D eigenvalue weighted by Crippen LogP contribution is -2.06. The summed E-state index contributed by atoms with van der Waals surface area (Å²) in [7, 11) is 0. The Morgan fingerprint density at radius 1 is 1.50 bits per heavy atom. The summed E-state index contributed by atoms with van der Waals surface area (Å²) in [6.45, 7) is 1.80. The van der Waals surface area contributed by atoms with Crippen LogP contribution in [-0.2, 0) is 11.1 Å². The van der Waals surface area contributed by atoms with Crippen LogP contribution in [0.4, 0.5) is 0 Å². The van der Waals surface area contributed by atoms with Crippen molar-refractivity contribution in [1.29, 1.82) is 0 Å². The Hall–Kier alpha value is -0.0900. The number of rotatable bonds is 3. The average Bonchev–Trinajstić information content (AvgIpc) is 2.08. The van der Waals surface area contributed by atoms with Gasteiger partial charge in [0.05, 0.1) is 10.0 Å². The molecule has 0 N–H and O–H groups in total. The summed E-state index contributed by atoms with van der Waals surface area (Å²) >= 11 is 9.68. The molecular formula is C9H9Cl2O2S-. The molecule has 1 aromatic carbocycles. The minimum absolute atomic E-state index is 0.0556. The van der Waals surface area contributed by atoms with Crippen molar-refractivity contribution in [3.63, 3.8) is 0 Å². The van der Waals surface area contributed by atoms with E-state index in [1.165, 1.54) is 0 Å². The van der Waals surface area contributed by atoms with Crippen LogP contribution in [-0.4, -0.2) is 14.5 Å². The van der Waals surface area contributed by atoms with Gasteiger partial charge in [0.2, 0.25) is 0 Å². The monoisotopic (exact) mass is 251 g/mol. The smallest absolute Gasteiger partial charge is 0.0627 e. The van der Waals surface area contributed by atoms with E-state index in [0.717, 1.165) is 5.56 Å². The molecule has 2 unspecified atom stereocenters. The molecule has 0 radical (unpaired) electrons. The Morgan fingerprint density at radius 2 is 2.14 bits per heavy atom. The molecule has 0 bridgehead atoms. The molecular weight excluding hydrogens is 243 g/mol. The maximum Gasteiger partial charge on any atom is 0.0627 e. The van der Waals surface area contributed by atoms with E-state index in [0.29, 0.717) is 10.0 Å². The summed E-state index contributed by atoms with van der Waals surface area (Å²) in [5.74, 6) is -0.0837. The van der Waals surface area contributed by atoms with Crippen molar-refractivity contribution in [2.75, 3.05) is 5.75 Å². The average molecular weight is 252 g/mol. The van der Waals surface area contributed by atoms with Crippen LogP contribution in [0.3, 0.4) is 0 Å². The Bertz CT molecular complexity index is 355. The molecule has 1 rings (SSSR count). The fraction of sp³-hybridized carbons (Fsp3) is 0.333. The topological polar surface area (TPSA) is 40.1 Å². The third-order valence-electron chi connectivity index (χ3n) is 1.90. The number of hydrogen-bond donors (Lipinski definition) is 0. The van der Waals surface area contributed by atoms with E-state index in [1.54, 1.807) is 25.1 Å². The highest BCUT2D eigenvalue weighted by atomic mass is 35.5. The molecule has 0 heterocycles. The lowest BCUT2D eigenvalue weighted by atomic mass is 10.0. The molecule has 0 saturated carbocycles. The fourth-order valence-electron chi connectivity index (χ4n) is 1.19. The van der Waals surface area contributed by atoms with Gasteiger partial charge < -0.3 is 4.55 Å². The fourth-order valence-corrected chi connectivity index (χ4v) is 2.28. The van der Waals surface area contributed by atoms with E-state index in [-0.39, 0.29) is 11.7 Å². The molecule has 78 valence electrons. The molecule has 0 aliphatic rings.